The lowest BCUT2D eigenvalue weighted by molar-refractivity contribution is 0.437. The van der Waals surface area contributed by atoms with Crippen LogP contribution in [0.3, 0.4) is 0 Å². The number of hydrogen-bond acceptors (Lipinski definition) is 4. The minimum atomic E-state index is 0.572. The van der Waals surface area contributed by atoms with E-state index in [-0.39, 0.29) is 0 Å². The molecule has 0 atom stereocenters. The molecule has 2 saturated carbocycles. The normalized spacial score (nSPS) is 18.9. The van der Waals surface area contributed by atoms with Crippen LogP contribution in [0.2, 0.25) is 0 Å². The van der Waals surface area contributed by atoms with E-state index < -0.39 is 0 Å². The molecule has 3 aromatic heterocycles. The molecule has 0 spiro atoms. The smallest absolute Gasteiger partial charge is 0.165 e. The predicted molar refractivity (Wildman–Crippen MR) is 111 cm³/mol. The van der Waals surface area contributed by atoms with Crippen molar-refractivity contribution in [3.63, 3.8) is 0 Å². The van der Waals surface area contributed by atoms with Crippen molar-refractivity contribution in [2.45, 2.75) is 63.7 Å². The van der Waals surface area contributed by atoms with Crippen molar-refractivity contribution < 1.29 is 0 Å². The van der Waals surface area contributed by atoms with Gasteiger partial charge in [-0.05, 0) is 31.6 Å². The van der Waals surface area contributed by atoms with Crippen LogP contribution in [0.15, 0.2) is 24.7 Å². The van der Waals surface area contributed by atoms with Gasteiger partial charge < -0.3 is 5.32 Å². The molecule has 0 aliphatic heterocycles. The molecule has 6 heteroatoms. The molecule has 0 amide bonds. The van der Waals surface area contributed by atoms with Gasteiger partial charge in [-0.3, -0.25) is 4.68 Å². The highest BCUT2D eigenvalue weighted by Gasteiger charge is 2.22. The van der Waals surface area contributed by atoms with Gasteiger partial charge in [-0.1, -0.05) is 32.1 Å². The Morgan fingerprint density at radius 1 is 1.00 bits per heavy atom. The number of aryl methyl sites for hydroxylation is 1. The zero-order chi connectivity index (χ0) is 18.9. The highest BCUT2D eigenvalue weighted by Crippen LogP contribution is 2.35. The Bertz CT molecular complexity index is 943. The van der Waals surface area contributed by atoms with Crippen molar-refractivity contribution in [1.29, 1.82) is 0 Å². The summed E-state index contributed by atoms with van der Waals surface area (Å²) in [7, 11) is 1.95. The molecule has 2 fully saturated rings. The SMILES string of the molecule is Cn1cc(-c2cnn3c(NCC4CCCC4)cc(C4CCCCC4)nc23)cn1. The third-order valence-electron chi connectivity index (χ3n) is 6.58. The van der Waals surface area contributed by atoms with Crippen LogP contribution in [0.5, 0.6) is 0 Å². The molecule has 28 heavy (non-hydrogen) atoms. The monoisotopic (exact) mass is 378 g/mol. The summed E-state index contributed by atoms with van der Waals surface area (Å²) in [4.78, 5) is 5.11. The molecule has 0 radical (unpaired) electrons. The summed E-state index contributed by atoms with van der Waals surface area (Å²) in [6.07, 6.45) is 17.8. The Hall–Kier alpha value is -2.37. The molecule has 0 aromatic carbocycles. The first-order valence-corrected chi connectivity index (χ1v) is 10.9. The van der Waals surface area contributed by atoms with Crippen LogP contribution >= 0.6 is 0 Å². The third kappa shape index (κ3) is 3.40. The Morgan fingerprint density at radius 2 is 1.79 bits per heavy atom. The maximum absolute atomic E-state index is 5.11. The molecular weight excluding hydrogens is 348 g/mol. The van der Waals surface area contributed by atoms with Crippen LogP contribution in [0, 0.1) is 5.92 Å². The molecule has 0 saturated heterocycles. The molecule has 2 aliphatic carbocycles. The molecule has 148 valence electrons. The van der Waals surface area contributed by atoms with Crippen molar-refractivity contribution >= 4 is 11.5 Å². The molecule has 6 nitrogen and oxygen atoms in total. The number of fused-ring (bicyclic) bond motifs is 1. The average molecular weight is 379 g/mol. The number of rotatable bonds is 5. The van der Waals surface area contributed by atoms with Gasteiger partial charge in [0.2, 0.25) is 0 Å². The predicted octanol–water partition coefficient (Wildman–Crippen LogP) is 4.78. The van der Waals surface area contributed by atoms with Gasteiger partial charge >= 0.3 is 0 Å². The van der Waals surface area contributed by atoms with Crippen LogP contribution in [0.1, 0.15) is 69.4 Å². The van der Waals surface area contributed by atoms with Crippen molar-refractivity contribution in [2.24, 2.45) is 13.0 Å². The Kier molecular flexibility index (Phi) is 4.79. The highest BCUT2D eigenvalue weighted by atomic mass is 15.3. The highest BCUT2D eigenvalue weighted by molar-refractivity contribution is 5.77. The minimum Gasteiger partial charge on any atom is -0.370 e. The first kappa shape index (κ1) is 17.7. The van der Waals surface area contributed by atoms with E-state index >= 15 is 0 Å². The number of anilines is 1. The van der Waals surface area contributed by atoms with Crippen molar-refractivity contribution in [1.82, 2.24) is 24.4 Å². The summed E-state index contributed by atoms with van der Waals surface area (Å²) >= 11 is 0. The molecule has 3 heterocycles. The second kappa shape index (κ2) is 7.57. The molecule has 0 unspecified atom stereocenters. The van der Waals surface area contributed by atoms with Crippen LogP contribution in [-0.2, 0) is 7.05 Å². The Balaban J connectivity index is 1.54. The first-order valence-electron chi connectivity index (χ1n) is 10.9. The van der Waals surface area contributed by atoms with Gasteiger partial charge in [-0.25, -0.2) is 4.98 Å². The van der Waals surface area contributed by atoms with Gasteiger partial charge in [0.05, 0.1) is 12.4 Å². The van der Waals surface area contributed by atoms with Gasteiger partial charge in [-0.2, -0.15) is 14.7 Å². The summed E-state index contributed by atoms with van der Waals surface area (Å²) in [6.45, 7) is 1.03. The topological polar surface area (TPSA) is 60.0 Å². The number of aromatic nitrogens is 5. The van der Waals surface area contributed by atoms with E-state index in [2.05, 4.69) is 16.5 Å². The Labute approximate surface area is 166 Å². The van der Waals surface area contributed by atoms with Crippen molar-refractivity contribution in [3.05, 3.63) is 30.4 Å². The number of nitrogens with zero attached hydrogens (tertiary/aromatic N) is 5. The lowest BCUT2D eigenvalue weighted by atomic mass is 9.87. The largest absolute Gasteiger partial charge is 0.370 e. The van der Waals surface area contributed by atoms with Crippen LogP contribution in [-0.4, -0.2) is 30.9 Å². The zero-order valence-electron chi connectivity index (χ0n) is 16.8. The third-order valence-corrected chi connectivity index (χ3v) is 6.58. The Morgan fingerprint density at radius 3 is 2.54 bits per heavy atom. The van der Waals surface area contributed by atoms with Gasteiger partial charge in [0.15, 0.2) is 5.65 Å². The summed E-state index contributed by atoms with van der Waals surface area (Å²) in [5.74, 6) is 2.45. The van der Waals surface area contributed by atoms with Crippen LogP contribution < -0.4 is 5.32 Å². The molecule has 0 bridgehead atoms. The second-order valence-electron chi connectivity index (χ2n) is 8.63. The molecule has 2 aliphatic rings. The van der Waals surface area contributed by atoms with E-state index in [9.17, 15) is 0 Å². The number of nitrogens with one attached hydrogen (secondary N) is 1. The fourth-order valence-corrected chi connectivity index (χ4v) is 4.94. The zero-order valence-corrected chi connectivity index (χ0v) is 16.8. The summed E-state index contributed by atoms with van der Waals surface area (Å²) < 4.78 is 3.83. The minimum absolute atomic E-state index is 0.572. The fourth-order valence-electron chi connectivity index (χ4n) is 4.94. The summed E-state index contributed by atoms with van der Waals surface area (Å²) in [5.41, 5.74) is 4.32. The fraction of sp³-hybridized carbons (Fsp3) is 0.591. The van der Waals surface area contributed by atoms with E-state index in [4.69, 9.17) is 10.1 Å². The lowest BCUT2D eigenvalue weighted by Crippen LogP contribution is -2.15. The quantitative estimate of drug-likeness (QED) is 0.694. The van der Waals surface area contributed by atoms with E-state index in [1.54, 1.807) is 0 Å². The van der Waals surface area contributed by atoms with Gasteiger partial charge in [-0.15, -0.1) is 0 Å². The molecule has 5 rings (SSSR count). The van der Waals surface area contributed by atoms with E-state index in [1.807, 2.05) is 34.8 Å². The number of hydrogen-bond donors (Lipinski definition) is 1. The average Bonchev–Trinajstić information content (AvgIpc) is 3.47. The maximum Gasteiger partial charge on any atom is 0.165 e. The lowest BCUT2D eigenvalue weighted by Gasteiger charge is -2.22. The van der Waals surface area contributed by atoms with E-state index in [0.29, 0.717) is 5.92 Å². The van der Waals surface area contributed by atoms with Crippen LogP contribution in [0.4, 0.5) is 5.82 Å². The first-order chi connectivity index (χ1) is 13.8. The van der Waals surface area contributed by atoms with E-state index in [0.717, 1.165) is 35.1 Å². The summed E-state index contributed by atoms with van der Waals surface area (Å²) in [6, 6.07) is 2.26. The molecule has 3 aromatic rings. The van der Waals surface area contributed by atoms with Crippen molar-refractivity contribution in [2.75, 3.05) is 11.9 Å². The van der Waals surface area contributed by atoms with Crippen LogP contribution in [0.25, 0.3) is 16.8 Å². The standard InChI is InChI=1S/C22H30N6/c1-27-15-18(13-24-27)19-14-25-28-21(23-12-16-7-5-6-8-16)11-20(26-22(19)28)17-9-3-2-4-10-17/h11,13-17,23H,2-10,12H2,1H3. The van der Waals surface area contributed by atoms with E-state index in [1.165, 1.54) is 63.5 Å². The molecule has 1 N–H and O–H groups in total. The van der Waals surface area contributed by atoms with Gasteiger partial charge in [0.1, 0.15) is 5.82 Å². The maximum atomic E-state index is 5.11. The van der Waals surface area contributed by atoms with Gasteiger partial charge in [0.25, 0.3) is 0 Å². The van der Waals surface area contributed by atoms with Crippen molar-refractivity contribution in [3.8, 4) is 11.1 Å². The van der Waals surface area contributed by atoms with Gasteiger partial charge in [0, 0.05) is 48.6 Å². The second-order valence-corrected chi connectivity index (χ2v) is 8.63. The summed E-state index contributed by atoms with van der Waals surface area (Å²) in [5, 5.41) is 12.7. The molecular formula is C22H30N6.